The Morgan fingerprint density at radius 2 is 1.73 bits per heavy atom. The van der Waals surface area contributed by atoms with Crippen LogP contribution in [0.1, 0.15) is 43.0 Å². The molecule has 0 atom stereocenters. The highest BCUT2D eigenvalue weighted by molar-refractivity contribution is 5.73. The van der Waals surface area contributed by atoms with Gasteiger partial charge in [0.2, 0.25) is 0 Å². The van der Waals surface area contributed by atoms with Crippen molar-refractivity contribution in [2.45, 2.75) is 52.9 Å². The van der Waals surface area contributed by atoms with E-state index in [4.69, 9.17) is 4.74 Å². The number of hydrogen-bond donors (Lipinski definition) is 2. The molecule has 0 radical (unpaired) electrons. The number of nitrogens with one attached hydrogen (secondary N) is 2. The molecular formula is C22H30N2O2. The lowest BCUT2D eigenvalue weighted by molar-refractivity contribution is -0.0149. The fourth-order valence-corrected chi connectivity index (χ4v) is 2.58. The molecule has 0 saturated heterocycles. The molecule has 4 nitrogen and oxygen atoms in total. The van der Waals surface area contributed by atoms with Crippen molar-refractivity contribution in [2.24, 2.45) is 0 Å². The highest BCUT2D eigenvalue weighted by Crippen LogP contribution is 2.13. The summed E-state index contributed by atoms with van der Waals surface area (Å²) in [6.45, 7) is 9.90. The quantitative estimate of drug-likeness (QED) is 0.776. The Morgan fingerprint density at radius 3 is 2.46 bits per heavy atom. The molecule has 2 aromatic carbocycles. The summed E-state index contributed by atoms with van der Waals surface area (Å²) in [7, 11) is 0. The predicted molar refractivity (Wildman–Crippen MR) is 106 cm³/mol. The van der Waals surface area contributed by atoms with E-state index in [1.807, 2.05) is 51.1 Å². The molecule has 0 bridgehead atoms. The molecule has 2 N–H and O–H groups in total. The highest BCUT2D eigenvalue weighted by atomic mass is 16.5. The molecule has 0 aromatic heterocycles. The van der Waals surface area contributed by atoms with Gasteiger partial charge >= 0.3 is 6.03 Å². The van der Waals surface area contributed by atoms with Gasteiger partial charge in [0.1, 0.15) is 0 Å². The van der Waals surface area contributed by atoms with Crippen molar-refractivity contribution >= 4 is 6.03 Å². The van der Waals surface area contributed by atoms with Crippen molar-refractivity contribution in [1.29, 1.82) is 0 Å². The molecule has 0 aliphatic carbocycles. The van der Waals surface area contributed by atoms with Crippen LogP contribution in [0.3, 0.4) is 0 Å². The van der Waals surface area contributed by atoms with Gasteiger partial charge in [-0.1, -0.05) is 48.5 Å². The molecule has 0 spiro atoms. The van der Waals surface area contributed by atoms with E-state index in [9.17, 15) is 4.79 Å². The zero-order chi connectivity index (χ0) is 19.0. The first-order chi connectivity index (χ1) is 12.3. The van der Waals surface area contributed by atoms with Crippen molar-refractivity contribution in [3.05, 3.63) is 70.8 Å². The highest BCUT2D eigenvalue weighted by Gasteiger charge is 2.10. The molecule has 0 heterocycles. The number of benzene rings is 2. The standard InChI is InChI=1S/C22H30N2O2/c1-17-8-5-6-11-20(17)12-13-23-21(25)24-15-18-9-7-10-19(14-18)16-26-22(2,3)4/h5-11,14H,12-13,15-16H2,1-4H3,(H2,23,24,25). The summed E-state index contributed by atoms with van der Waals surface area (Å²) < 4.78 is 5.80. The maximum Gasteiger partial charge on any atom is 0.315 e. The van der Waals surface area contributed by atoms with Crippen LogP contribution >= 0.6 is 0 Å². The van der Waals surface area contributed by atoms with Crippen LogP contribution in [-0.4, -0.2) is 18.2 Å². The minimum absolute atomic E-state index is 0.144. The number of carbonyl (C=O) groups excluding carboxylic acids is 1. The number of aryl methyl sites for hydroxylation is 1. The zero-order valence-corrected chi connectivity index (χ0v) is 16.3. The van der Waals surface area contributed by atoms with Gasteiger partial charge in [-0.15, -0.1) is 0 Å². The fraction of sp³-hybridized carbons (Fsp3) is 0.409. The van der Waals surface area contributed by atoms with Gasteiger partial charge in [-0.05, 0) is 56.4 Å². The van der Waals surface area contributed by atoms with Crippen LogP contribution in [0.25, 0.3) is 0 Å². The van der Waals surface area contributed by atoms with E-state index in [1.165, 1.54) is 11.1 Å². The first-order valence-electron chi connectivity index (χ1n) is 9.11. The van der Waals surface area contributed by atoms with E-state index in [-0.39, 0.29) is 11.6 Å². The Hall–Kier alpha value is -2.33. The maximum atomic E-state index is 12.0. The molecule has 0 aliphatic rings. The van der Waals surface area contributed by atoms with E-state index in [2.05, 4.69) is 35.8 Å². The topological polar surface area (TPSA) is 50.4 Å². The van der Waals surface area contributed by atoms with Gasteiger partial charge in [0.25, 0.3) is 0 Å². The Balaban J connectivity index is 1.74. The monoisotopic (exact) mass is 354 g/mol. The maximum absolute atomic E-state index is 12.0. The largest absolute Gasteiger partial charge is 0.371 e. The Bertz CT molecular complexity index is 720. The van der Waals surface area contributed by atoms with Crippen LogP contribution in [0.5, 0.6) is 0 Å². The lowest BCUT2D eigenvalue weighted by Crippen LogP contribution is -2.36. The SMILES string of the molecule is Cc1ccccc1CCNC(=O)NCc1cccc(COC(C)(C)C)c1. The second kappa shape index (κ2) is 9.39. The zero-order valence-electron chi connectivity index (χ0n) is 16.3. The Kier molecular flexibility index (Phi) is 7.22. The molecule has 2 amide bonds. The number of hydrogen-bond acceptors (Lipinski definition) is 2. The Labute approximate surface area is 157 Å². The molecule has 2 rings (SSSR count). The number of ether oxygens (including phenoxy) is 1. The molecular weight excluding hydrogens is 324 g/mol. The predicted octanol–water partition coefficient (Wildman–Crippen LogP) is 4.35. The lowest BCUT2D eigenvalue weighted by Gasteiger charge is -2.19. The van der Waals surface area contributed by atoms with E-state index >= 15 is 0 Å². The first kappa shape index (κ1) is 20.0. The molecule has 0 unspecified atom stereocenters. The summed E-state index contributed by atoms with van der Waals surface area (Å²) in [6.07, 6.45) is 0.833. The Morgan fingerprint density at radius 1 is 1.00 bits per heavy atom. The fourth-order valence-electron chi connectivity index (χ4n) is 2.58. The van der Waals surface area contributed by atoms with Gasteiger partial charge in [0, 0.05) is 13.1 Å². The van der Waals surface area contributed by atoms with Crippen molar-refractivity contribution in [2.75, 3.05) is 6.54 Å². The van der Waals surface area contributed by atoms with Crippen LogP contribution in [0, 0.1) is 6.92 Å². The molecule has 0 aliphatic heterocycles. The average Bonchev–Trinajstić information content (AvgIpc) is 2.60. The van der Waals surface area contributed by atoms with Crippen LogP contribution in [0.2, 0.25) is 0 Å². The van der Waals surface area contributed by atoms with Gasteiger partial charge in [0.15, 0.2) is 0 Å². The van der Waals surface area contributed by atoms with Crippen LogP contribution in [0.4, 0.5) is 4.79 Å². The van der Waals surface area contributed by atoms with Gasteiger partial charge in [-0.2, -0.15) is 0 Å². The summed E-state index contributed by atoms with van der Waals surface area (Å²) in [5, 5.41) is 5.82. The number of carbonyl (C=O) groups is 1. The van der Waals surface area contributed by atoms with Crippen molar-refractivity contribution < 1.29 is 9.53 Å². The third-order valence-corrected chi connectivity index (χ3v) is 4.06. The third kappa shape index (κ3) is 7.28. The van der Waals surface area contributed by atoms with Gasteiger partial charge in [0.05, 0.1) is 12.2 Å². The molecule has 0 saturated carbocycles. The minimum Gasteiger partial charge on any atom is -0.371 e. The number of amides is 2. The van der Waals surface area contributed by atoms with Gasteiger partial charge in [-0.25, -0.2) is 4.79 Å². The normalized spacial score (nSPS) is 11.2. The van der Waals surface area contributed by atoms with E-state index in [0.29, 0.717) is 19.7 Å². The summed E-state index contributed by atoms with van der Waals surface area (Å²) in [5.74, 6) is 0. The molecule has 4 heteroatoms. The minimum atomic E-state index is -0.161. The van der Waals surface area contributed by atoms with Crippen molar-refractivity contribution in [3.63, 3.8) is 0 Å². The molecule has 2 aromatic rings. The number of rotatable bonds is 7. The smallest absolute Gasteiger partial charge is 0.315 e. The van der Waals surface area contributed by atoms with Crippen LogP contribution in [0.15, 0.2) is 48.5 Å². The van der Waals surface area contributed by atoms with Gasteiger partial charge < -0.3 is 15.4 Å². The molecule has 0 fully saturated rings. The summed E-state index contributed by atoms with van der Waals surface area (Å²) >= 11 is 0. The van der Waals surface area contributed by atoms with Gasteiger partial charge in [-0.3, -0.25) is 0 Å². The van der Waals surface area contributed by atoms with E-state index < -0.39 is 0 Å². The number of urea groups is 1. The molecule has 140 valence electrons. The van der Waals surface area contributed by atoms with Crippen LogP contribution in [-0.2, 0) is 24.3 Å². The molecule has 26 heavy (non-hydrogen) atoms. The van der Waals surface area contributed by atoms with E-state index in [0.717, 1.165) is 17.5 Å². The van der Waals surface area contributed by atoms with E-state index in [1.54, 1.807) is 0 Å². The summed E-state index contributed by atoms with van der Waals surface area (Å²) in [4.78, 5) is 12.0. The second-order valence-electron chi connectivity index (χ2n) is 7.51. The average molecular weight is 354 g/mol. The first-order valence-corrected chi connectivity index (χ1v) is 9.11. The van der Waals surface area contributed by atoms with Crippen LogP contribution < -0.4 is 10.6 Å². The van der Waals surface area contributed by atoms with Crippen molar-refractivity contribution in [1.82, 2.24) is 10.6 Å². The third-order valence-electron chi connectivity index (χ3n) is 4.06. The second-order valence-corrected chi connectivity index (χ2v) is 7.51. The summed E-state index contributed by atoms with van der Waals surface area (Å²) in [5.41, 5.74) is 4.53. The lowest BCUT2D eigenvalue weighted by atomic mass is 10.1. The summed E-state index contributed by atoms with van der Waals surface area (Å²) in [6, 6.07) is 16.2. The van der Waals surface area contributed by atoms with Crippen molar-refractivity contribution in [3.8, 4) is 0 Å².